The van der Waals surface area contributed by atoms with E-state index in [1.165, 1.54) is 12.3 Å². The summed E-state index contributed by atoms with van der Waals surface area (Å²) < 4.78 is 77.4. The van der Waals surface area contributed by atoms with Gasteiger partial charge in [-0.2, -0.15) is 26.3 Å². The first-order chi connectivity index (χ1) is 13.4. The molecule has 1 aromatic heterocycles. The van der Waals surface area contributed by atoms with Crippen molar-refractivity contribution in [2.24, 2.45) is 0 Å². The van der Waals surface area contributed by atoms with Crippen LogP contribution in [0.1, 0.15) is 16.7 Å². The lowest BCUT2D eigenvalue weighted by Gasteiger charge is -2.14. The molecule has 29 heavy (non-hydrogen) atoms. The van der Waals surface area contributed by atoms with Gasteiger partial charge in [0.25, 0.3) is 0 Å². The lowest BCUT2D eigenvalue weighted by Crippen LogP contribution is -2.21. The summed E-state index contributed by atoms with van der Waals surface area (Å²) in [6, 6.07) is 7.23. The number of halogens is 6. The van der Waals surface area contributed by atoms with Gasteiger partial charge in [-0.1, -0.05) is 12.1 Å². The van der Waals surface area contributed by atoms with Gasteiger partial charge in [0.05, 0.1) is 17.5 Å². The van der Waals surface area contributed by atoms with E-state index in [1.54, 1.807) is 18.2 Å². The highest BCUT2D eigenvalue weighted by atomic mass is 19.4. The van der Waals surface area contributed by atoms with Crippen LogP contribution in [0.15, 0.2) is 53.5 Å². The van der Waals surface area contributed by atoms with Crippen molar-refractivity contribution >= 4 is 22.5 Å². The summed E-state index contributed by atoms with van der Waals surface area (Å²) in [5.74, 6) is -0.932. The van der Waals surface area contributed by atoms with Crippen molar-refractivity contribution in [2.45, 2.75) is 18.8 Å². The van der Waals surface area contributed by atoms with Crippen LogP contribution in [-0.2, 0) is 23.6 Å². The van der Waals surface area contributed by atoms with Crippen LogP contribution >= 0.6 is 0 Å². The van der Waals surface area contributed by atoms with Crippen molar-refractivity contribution in [3.05, 3.63) is 75.6 Å². The summed E-state index contributed by atoms with van der Waals surface area (Å²) in [5, 5.41) is 2.30. The van der Waals surface area contributed by atoms with Crippen molar-refractivity contribution in [1.29, 1.82) is 0 Å². The number of anilines is 1. The summed E-state index contributed by atoms with van der Waals surface area (Å²) in [4.78, 5) is 27.4. The molecular weight excluding hydrogens is 402 g/mol. The number of hydrogen-bond acceptors (Lipinski definition) is 2. The highest BCUT2D eigenvalue weighted by Crippen LogP contribution is 2.37. The van der Waals surface area contributed by atoms with Crippen LogP contribution in [0.4, 0.5) is 32.0 Å². The van der Waals surface area contributed by atoms with E-state index < -0.39 is 46.9 Å². The van der Waals surface area contributed by atoms with Gasteiger partial charge in [0.15, 0.2) is 5.43 Å². The number of amides is 1. The second-order valence-electron chi connectivity index (χ2n) is 6.21. The average molecular weight is 414 g/mol. The second-order valence-corrected chi connectivity index (χ2v) is 6.21. The van der Waals surface area contributed by atoms with E-state index in [1.807, 2.05) is 5.32 Å². The van der Waals surface area contributed by atoms with Crippen molar-refractivity contribution < 1.29 is 31.1 Å². The number of benzene rings is 2. The van der Waals surface area contributed by atoms with E-state index in [2.05, 4.69) is 4.98 Å². The normalized spacial score (nSPS) is 12.2. The second kappa shape index (κ2) is 7.26. The number of alkyl halides is 6. The Hall–Kier alpha value is -3.30. The largest absolute Gasteiger partial charge is 0.416 e. The first kappa shape index (κ1) is 20.4. The molecule has 0 radical (unpaired) electrons. The molecule has 2 N–H and O–H groups in total. The zero-order chi connectivity index (χ0) is 21.4. The van der Waals surface area contributed by atoms with Gasteiger partial charge in [-0.05, 0) is 30.3 Å². The molecule has 0 saturated carbocycles. The fourth-order valence-electron chi connectivity index (χ4n) is 2.75. The van der Waals surface area contributed by atoms with E-state index in [-0.39, 0.29) is 11.6 Å². The molecule has 2 aromatic carbocycles. The summed E-state index contributed by atoms with van der Waals surface area (Å²) in [6.07, 6.45) is -9.32. The molecule has 0 aliphatic heterocycles. The van der Waals surface area contributed by atoms with Crippen LogP contribution in [0.5, 0.6) is 0 Å². The van der Waals surface area contributed by atoms with Gasteiger partial charge < -0.3 is 10.3 Å². The van der Waals surface area contributed by atoms with Gasteiger partial charge >= 0.3 is 12.4 Å². The molecule has 0 aliphatic carbocycles. The smallest absolute Gasteiger partial charge is 0.361 e. The van der Waals surface area contributed by atoms with Crippen LogP contribution < -0.4 is 10.7 Å². The number of hydrogen-bond donors (Lipinski definition) is 2. The number of H-pyrrole nitrogens is 1. The molecular formula is C19H12F6N2O2. The number of rotatable bonds is 3. The fraction of sp³-hybridized carbons (Fsp3) is 0.158. The highest BCUT2D eigenvalue weighted by Gasteiger charge is 2.37. The summed E-state index contributed by atoms with van der Waals surface area (Å²) in [5.41, 5.74) is -3.69. The van der Waals surface area contributed by atoms with Crippen LogP contribution in [0, 0.1) is 0 Å². The number of para-hydroxylation sites is 1. The van der Waals surface area contributed by atoms with E-state index in [0.29, 0.717) is 23.0 Å². The lowest BCUT2D eigenvalue weighted by atomic mass is 10.1. The topological polar surface area (TPSA) is 62.0 Å². The first-order valence-electron chi connectivity index (χ1n) is 8.14. The molecule has 0 atom stereocenters. The van der Waals surface area contributed by atoms with Crippen LogP contribution in [0.25, 0.3) is 10.9 Å². The SMILES string of the molecule is O=C(Cc1c[nH]c2ccccc2c1=O)Nc1cc(C(F)(F)F)cc(C(F)(F)F)c1. The Kier molecular flexibility index (Phi) is 5.12. The zero-order valence-corrected chi connectivity index (χ0v) is 14.4. The third kappa shape index (κ3) is 4.58. The van der Waals surface area contributed by atoms with Crippen molar-refractivity contribution in [3.63, 3.8) is 0 Å². The molecule has 10 heteroatoms. The minimum Gasteiger partial charge on any atom is -0.361 e. The number of aromatic amines is 1. The lowest BCUT2D eigenvalue weighted by molar-refractivity contribution is -0.143. The van der Waals surface area contributed by atoms with Gasteiger partial charge in [-0.25, -0.2) is 0 Å². The predicted octanol–water partition coefficient (Wildman–Crippen LogP) is 4.75. The zero-order valence-electron chi connectivity index (χ0n) is 14.4. The van der Waals surface area contributed by atoms with Crippen LogP contribution in [-0.4, -0.2) is 10.9 Å². The Morgan fingerprint density at radius 2 is 1.52 bits per heavy atom. The molecule has 1 heterocycles. The third-order valence-corrected chi connectivity index (χ3v) is 4.09. The molecule has 0 aliphatic rings. The van der Waals surface area contributed by atoms with Crippen LogP contribution in [0.3, 0.4) is 0 Å². The Labute approximate surface area is 159 Å². The van der Waals surface area contributed by atoms with Gasteiger partial charge in [-0.3, -0.25) is 9.59 Å². The third-order valence-electron chi connectivity index (χ3n) is 4.09. The molecule has 0 unspecified atom stereocenters. The fourth-order valence-corrected chi connectivity index (χ4v) is 2.75. The van der Waals surface area contributed by atoms with Crippen molar-refractivity contribution in [1.82, 2.24) is 4.98 Å². The molecule has 0 saturated heterocycles. The molecule has 0 bridgehead atoms. The molecule has 1 amide bonds. The minimum atomic E-state index is -5.03. The van der Waals surface area contributed by atoms with E-state index in [0.717, 1.165) is 0 Å². The maximum absolute atomic E-state index is 12.9. The van der Waals surface area contributed by atoms with Gasteiger partial charge in [0.2, 0.25) is 5.91 Å². The quantitative estimate of drug-likeness (QED) is 0.608. The number of carbonyl (C=O) groups excluding carboxylic acids is 1. The first-order valence-corrected chi connectivity index (χ1v) is 8.14. The van der Waals surface area contributed by atoms with Gasteiger partial charge in [0, 0.05) is 28.4 Å². The number of aromatic nitrogens is 1. The van der Waals surface area contributed by atoms with Crippen molar-refractivity contribution in [3.8, 4) is 0 Å². The molecule has 0 spiro atoms. The maximum atomic E-state index is 12.9. The summed E-state index contributed by atoms with van der Waals surface area (Å²) in [7, 11) is 0. The van der Waals surface area contributed by atoms with Crippen molar-refractivity contribution in [2.75, 3.05) is 5.32 Å². The number of pyridine rings is 1. The monoisotopic (exact) mass is 414 g/mol. The average Bonchev–Trinajstić information content (AvgIpc) is 2.62. The standard InChI is InChI=1S/C19H12F6N2O2/c20-18(21,22)11-6-12(19(23,24)25)8-13(7-11)27-16(28)5-10-9-26-15-4-2-1-3-14(15)17(10)29/h1-4,6-9H,5H2,(H,26,29)(H,27,28). The molecule has 3 aromatic rings. The molecule has 0 fully saturated rings. The Balaban J connectivity index is 1.89. The van der Waals surface area contributed by atoms with Gasteiger partial charge in [0.1, 0.15) is 0 Å². The Morgan fingerprint density at radius 1 is 0.931 bits per heavy atom. The maximum Gasteiger partial charge on any atom is 0.416 e. The summed E-state index contributed by atoms with van der Waals surface area (Å²) in [6.45, 7) is 0. The number of nitrogens with one attached hydrogen (secondary N) is 2. The number of carbonyl (C=O) groups is 1. The molecule has 4 nitrogen and oxygen atoms in total. The number of fused-ring (bicyclic) bond motifs is 1. The minimum absolute atomic E-state index is 0.0178. The van der Waals surface area contributed by atoms with E-state index in [4.69, 9.17) is 0 Å². The van der Waals surface area contributed by atoms with Gasteiger partial charge in [-0.15, -0.1) is 0 Å². The predicted molar refractivity (Wildman–Crippen MR) is 93.3 cm³/mol. The molecule has 3 rings (SSSR count). The van der Waals surface area contributed by atoms with E-state index >= 15 is 0 Å². The Bertz CT molecular complexity index is 1100. The Morgan fingerprint density at radius 3 is 2.10 bits per heavy atom. The van der Waals surface area contributed by atoms with E-state index in [9.17, 15) is 35.9 Å². The summed E-state index contributed by atoms with van der Waals surface area (Å²) >= 11 is 0. The molecule has 152 valence electrons. The highest BCUT2D eigenvalue weighted by molar-refractivity contribution is 5.93. The van der Waals surface area contributed by atoms with Crippen LogP contribution in [0.2, 0.25) is 0 Å².